The Kier molecular flexibility index (Phi) is 8.54. The van der Waals surface area contributed by atoms with Crippen LogP contribution in [-0.2, 0) is 4.79 Å². The van der Waals surface area contributed by atoms with E-state index >= 15 is 0 Å². The lowest BCUT2D eigenvalue weighted by molar-refractivity contribution is -0.113. The fraction of sp³-hybridized carbons (Fsp3) is 0.179. The molecule has 0 saturated carbocycles. The van der Waals surface area contributed by atoms with E-state index in [9.17, 15) is 9.59 Å². The normalized spacial score (nSPS) is 13.4. The van der Waals surface area contributed by atoms with Gasteiger partial charge in [0.05, 0.1) is 11.4 Å². The van der Waals surface area contributed by atoms with Crippen LogP contribution >= 0.6 is 46.3 Å². The number of thiazole rings is 1. The number of anilines is 2. The number of hydrogen-bond acceptors (Lipinski definition) is 6. The van der Waals surface area contributed by atoms with Gasteiger partial charge in [0.1, 0.15) is 0 Å². The fourth-order valence-electron chi connectivity index (χ4n) is 4.13. The van der Waals surface area contributed by atoms with Crippen LogP contribution in [0, 0.1) is 0 Å². The van der Waals surface area contributed by atoms with E-state index in [1.54, 1.807) is 24.3 Å². The molecule has 2 heterocycles. The molecule has 10 heteroatoms. The second-order valence-electron chi connectivity index (χ2n) is 8.68. The molecular formula is C28H24Cl2N4O2S2. The average Bonchev–Trinajstić information content (AvgIpc) is 3.42. The number of aromatic nitrogens is 1. The molecule has 2 amide bonds. The number of nitrogens with zero attached hydrogens (tertiary/aromatic N) is 3. The Hall–Kier alpha value is -3.04. The first-order valence-electron chi connectivity index (χ1n) is 12.0. The summed E-state index contributed by atoms with van der Waals surface area (Å²) in [4.78, 5) is 34.0. The lowest BCUT2D eigenvalue weighted by Crippen LogP contribution is -2.48. The van der Waals surface area contributed by atoms with Crippen LogP contribution < -0.4 is 10.2 Å². The van der Waals surface area contributed by atoms with Crippen LogP contribution in [0.25, 0.3) is 11.3 Å². The zero-order valence-corrected chi connectivity index (χ0v) is 23.4. The van der Waals surface area contributed by atoms with Gasteiger partial charge in [0.2, 0.25) is 5.91 Å². The van der Waals surface area contributed by atoms with Crippen molar-refractivity contribution in [1.29, 1.82) is 0 Å². The van der Waals surface area contributed by atoms with Gasteiger partial charge in [-0.05, 0) is 54.6 Å². The minimum Gasteiger partial charge on any atom is -0.368 e. The van der Waals surface area contributed by atoms with Gasteiger partial charge in [-0.1, -0.05) is 53.2 Å². The Balaban J connectivity index is 1.09. The topological polar surface area (TPSA) is 65.5 Å². The molecule has 1 fully saturated rings. The molecule has 194 valence electrons. The van der Waals surface area contributed by atoms with Crippen LogP contribution in [0.1, 0.15) is 10.4 Å². The molecule has 0 bridgehead atoms. The Morgan fingerprint density at radius 1 is 0.921 bits per heavy atom. The summed E-state index contributed by atoms with van der Waals surface area (Å²) in [6, 6.07) is 22.4. The summed E-state index contributed by atoms with van der Waals surface area (Å²) in [6.45, 7) is 2.75. The summed E-state index contributed by atoms with van der Waals surface area (Å²) in [5.74, 6) is 0.193. The maximum absolute atomic E-state index is 12.8. The molecule has 1 aromatic heterocycles. The predicted molar refractivity (Wildman–Crippen MR) is 158 cm³/mol. The van der Waals surface area contributed by atoms with E-state index in [0.29, 0.717) is 28.7 Å². The van der Waals surface area contributed by atoms with E-state index in [0.717, 1.165) is 40.1 Å². The summed E-state index contributed by atoms with van der Waals surface area (Å²) >= 11 is 14.9. The molecule has 1 saturated heterocycles. The van der Waals surface area contributed by atoms with E-state index < -0.39 is 0 Å². The molecule has 1 aliphatic rings. The van der Waals surface area contributed by atoms with E-state index in [2.05, 4.69) is 15.2 Å². The Morgan fingerprint density at radius 2 is 1.66 bits per heavy atom. The maximum atomic E-state index is 12.8. The van der Waals surface area contributed by atoms with Gasteiger partial charge >= 0.3 is 0 Å². The van der Waals surface area contributed by atoms with Gasteiger partial charge in [-0.25, -0.2) is 4.98 Å². The maximum Gasteiger partial charge on any atom is 0.254 e. The molecule has 0 unspecified atom stereocenters. The highest BCUT2D eigenvalue weighted by Crippen LogP contribution is 2.29. The predicted octanol–water partition coefficient (Wildman–Crippen LogP) is 6.81. The van der Waals surface area contributed by atoms with Gasteiger partial charge < -0.3 is 15.1 Å². The van der Waals surface area contributed by atoms with Crippen LogP contribution in [0.5, 0.6) is 0 Å². The second kappa shape index (κ2) is 12.2. The molecule has 5 rings (SSSR count). The van der Waals surface area contributed by atoms with Crippen molar-refractivity contribution in [1.82, 2.24) is 9.88 Å². The number of amides is 2. The Labute approximate surface area is 239 Å². The van der Waals surface area contributed by atoms with Gasteiger partial charge in [-0.3, -0.25) is 9.59 Å². The number of halogens is 2. The number of hydrogen-bond donors (Lipinski definition) is 1. The molecule has 3 aromatic carbocycles. The van der Waals surface area contributed by atoms with Gasteiger partial charge in [-0.2, -0.15) is 0 Å². The van der Waals surface area contributed by atoms with Gasteiger partial charge in [0, 0.05) is 64.1 Å². The molecule has 6 nitrogen and oxygen atoms in total. The lowest BCUT2D eigenvalue weighted by atomic mass is 10.1. The summed E-state index contributed by atoms with van der Waals surface area (Å²) in [5.41, 5.74) is 4.29. The smallest absolute Gasteiger partial charge is 0.254 e. The molecule has 1 aliphatic heterocycles. The highest BCUT2D eigenvalue weighted by Gasteiger charge is 2.22. The van der Waals surface area contributed by atoms with Gasteiger partial charge in [0.15, 0.2) is 4.34 Å². The van der Waals surface area contributed by atoms with Crippen LogP contribution in [-0.4, -0.2) is 53.6 Å². The van der Waals surface area contributed by atoms with E-state index in [4.69, 9.17) is 23.2 Å². The largest absolute Gasteiger partial charge is 0.368 e. The third kappa shape index (κ3) is 6.69. The first-order valence-corrected chi connectivity index (χ1v) is 14.6. The zero-order chi connectivity index (χ0) is 26.5. The van der Waals surface area contributed by atoms with Crippen molar-refractivity contribution in [2.45, 2.75) is 4.34 Å². The quantitative estimate of drug-likeness (QED) is 0.242. The molecular weight excluding hydrogens is 559 g/mol. The van der Waals surface area contributed by atoms with E-state index in [1.807, 2.05) is 58.8 Å². The highest BCUT2D eigenvalue weighted by atomic mass is 35.5. The molecule has 1 N–H and O–H groups in total. The Morgan fingerprint density at radius 3 is 2.37 bits per heavy atom. The number of thioether (sulfide) groups is 1. The summed E-state index contributed by atoms with van der Waals surface area (Å²) in [7, 11) is 0. The molecule has 0 aliphatic carbocycles. The minimum absolute atomic E-state index is 0.00188. The Bertz CT molecular complexity index is 1420. The van der Waals surface area contributed by atoms with Crippen molar-refractivity contribution in [3.8, 4) is 11.3 Å². The van der Waals surface area contributed by atoms with Gasteiger partial charge in [0.25, 0.3) is 5.91 Å². The number of piperazine rings is 1. The van der Waals surface area contributed by atoms with Crippen molar-refractivity contribution >= 4 is 69.5 Å². The first kappa shape index (κ1) is 26.6. The molecule has 4 aromatic rings. The first-order chi connectivity index (χ1) is 18.4. The third-order valence-corrected chi connectivity index (χ3v) is 8.61. The second-order valence-corrected chi connectivity index (χ2v) is 11.6. The molecule has 0 radical (unpaired) electrons. The van der Waals surface area contributed by atoms with Crippen LogP contribution in [0.2, 0.25) is 10.0 Å². The zero-order valence-electron chi connectivity index (χ0n) is 20.3. The number of rotatable bonds is 7. The third-order valence-electron chi connectivity index (χ3n) is 6.10. The van der Waals surface area contributed by atoms with E-state index in [1.165, 1.54) is 23.1 Å². The molecule has 0 atom stereocenters. The van der Waals surface area contributed by atoms with Crippen molar-refractivity contribution in [3.05, 3.63) is 93.8 Å². The number of benzene rings is 3. The summed E-state index contributed by atoms with van der Waals surface area (Å²) < 4.78 is 0.841. The fourth-order valence-corrected chi connectivity index (χ4v) is 6.08. The van der Waals surface area contributed by atoms with Crippen molar-refractivity contribution in [2.75, 3.05) is 42.1 Å². The summed E-state index contributed by atoms with van der Waals surface area (Å²) in [5, 5.41) is 6.18. The van der Waals surface area contributed by atoms with Crippen LogP contribution in [0.3, 0.4) is 0 Å². The highest BCUT2D eigenvalue weighted by molar-refractivity contribution is 8.01. The van der Waals surface area contributed by atoms with Gasteiger partial charge in [-0.15, -0.1) is 11.3 Å². The molecule has 0 spiro atoms. The standard InChI is InChI=1S/C28H24Cl2N4O2S2/c29-21-6-4-19(5-7-21)25-17-37-28(32-25)38-18-26(35)31-23-8-10-24(11-9-23)33-12-14-34(15-13-33)27(36)20-2-1-3-22(30)16-20/h1-11,16-17H,12-15,18H2,(H,31,35). The number of nitrogens with one attached hydrogen (secondary N) is 1. The summed E-state index contributed by atoms with van der Waals surface area (Å²) in [6.07, 6.45) is 0. The average molecular weight is 584 g/mol. The number of carbonyl (C=O) groups excluding carboxylic acids is 2. The van der Waals surface area contributed by atoms with Crippen molar-refractivity contribution < 1.29 is 9.59 Å². The van der Waals surface area contributed by atoms with Crippen molar-refractivity contribution in [3.63, 3.8) is 0 Å². The monoisotopic (exact) mass is 582 g/mol. The van der Waals surface area contributed by atoms with Crippen LogP contribution in [0.15, 0.2) is 82.5 Å². The SMILES string of the molecule is O=C(CSc1nc(-c2ccc(Cl)cc2)cs1)Nc1ccc(N2CCN(C(=O)c3cccc(Cl)c3)CC2)cc1. The van der Waals surface area contributed by atoms with E-state index in [-0.39, 0.29) is 17.6 Å². The molecule has 38 heavy (non-hydrogen) atoms. The van der Waals surface area contributed by atoms with Crippen molar-refractivity contribution in [2.24, 2.45) is 0 Å². The minimum atomic E-state index is -0.0841. The lowest BCUT2D eigenvalue weighted by Gasteiger charge is -2.36. The number of carbonyl (C=O) groups is 2. The van der Waals surface area contributed by atoms with Crippen LogP contribution in [0.4, 0.5) is 11.4 Å².